The van der Waals surface area contributed by atoms with Gasteiger partial charge in [0.05, 0.1) is 0 Å². The van der Waals surface area contributed by atoms with Crippen LogP contribution >= 0.6 is 0 Å². The lowest BCUT2D eigenvalue weighted by Gasteiger charge is -2.08. The highest BCUT2D eigenvalue weighted by Gasteiger charge is 2.39. The van der Waals surface area contributed by atoms with Crippen molar-refractivity contribution in [3.05, 3.63) is 0 Å². The van der Waals surface area contributed by atoms with E-state index in [1.54, 1.807) is 0 Å². The van der Waals surface area contributed by atoms with E-state index < -0.39 is 36.4 Å². The molecule has 2 amide bonds. The highest BCUT2D eigenvalue weighted by molar-refractivity contribution is 5.96. The summed E-state index contributed by atoms with van der Waals surface area (Å²) in [5.41, 5.74) is 16.1. The van der Waals surface area contributed by atoms with E-state index in [0.29, 0.717) is 19.6 Å². The van der Waals surface area contributed by atoms with Gasteiger partial charge in [0, 0.05) is 25.7 Å². The van der Waals surface area contributed by atoms with Crippen molar-refractivity contribution in [3.63, 3.8) is 0 Å². The molecule has 0 radical (unpaired) electrons. The molecular weight excluding hydrogens is 685 g/mol. The third-order valence-electron chi connectivity index (χ3n) is 4.63. The van der Waals surface area contributed by atoms with Crippen LogP contribution in [0, 0.1) is 0 Å². The SMILES string of the molecule is C[C@@H](N)CCNCCCCNC(=O)CC(=O)NCCCCCCN=C(N)N.O=C(O)C(F)(F)F.O=C(O)C(F)(F)F.O=C(O)C(F)(F)F. The Morgan fingerprint density at radius 2 is 0.958 bits per heavy atom. The van der Waals surface area contributed by atoms with Crippen molar-refractivity contribution < 1.29 is 78.8 Å². The lowest BCUT2D eigenvalue weighted by molar-refractivity contribution is -0.193. The molecule has 48 heavy (non-hydrogen) atoms. The van der Waals surface area contributed by atoms with E-state index in [9.17, 15) is 49.1 Å². The number of aliphatic imine (C=N–C) groups is 1. The number of carbonyl (C=O) groups excluding carboxylic acids is 2. The van der Waals surface area contributed by atoms with E-state index in [1.807, 2.05) is 6.92 Å². The molecule has 0 rings (SSSR count). The monoisotopic (exact) mass is 727 g/mol. The average Bonchev–Trinajstić information content (AvgIpc) is 2.90. The van der Waals surface area contributed by atoms with Gasteiger partial charge in [-0.2, -0.15) is 39.5 Å². The van der Waals surface area contributed by atoms with Crippen LogP contribution in [0.15, 0.2) is 4.99 Å². The average molecular weight is 728 g/mol. The van der Waals surface area contributed by atoms with E-state index in [0.717, 1.165) is 58.0 Å². The summed E-state index contributed by atoms with van der Waals surface area (Å²) >= 11 is 0. The highest BCUT2D eigenvalue weighted by atomic mass is 19.4. The van der Waals surface area contributed by atoms with Crippen LogP contribution in [0.3, 0.4) is 0 Å². The van der Waals surface area contributed by atoms with Crippen molar-refractivity contribution in [2.24, 2.45) is 22.2 Å². The Hall–Kier alpha value is -4.09. The molecule has 0 saturated heterocycles. The van der Waals surface area contributed by atoms with Gasteiger partial charge in [0.2, 0.25) is 11.8 Å². The van der Waals surface area contributed by atoms with Gasteiger partial charge < -0.3 is 48.5 Å². The van der Waals surface area contributed by atoms with Crippen LogP contribution in [0.2, 0.25) is 0 Å². The minimum Gasteiger partial charge on any atom is -0.475 e. The maximum atomic E-state index is 11.7. The minimum atomic E-state index is -5.08. The molecule has 12 N–H and O–H groups in total. The summed E-state index contributed by atoms with van der Waals surface area (Å²) in [5.74, 6) is -8.61. The van der Waals surface area contributed by atoms with Gasteiger partial charge in [0.1, 0.15) is 6.42 Å². The zero-order valence-electron chi connectivity index (χ0n) is 25.7. The van der Waals surface area contributed by atoms with Crippen LogP contribution in [-0.2, 0) is 24.0 Å². The van der Waals surface area contributed by atoms with Gasteiger partial charge in [0.15, 0.2) is 5.96 Å². The van der Waals surface area contributed by atoms with Crippen LogP contribution in [0.4, 0.5) is 39.5 Å². The fraction of sp³-hybridized carbons (Fsp3) is 0.750. The smallest absolute Gasteiger partial charge is 0.475 e. The van der Waals surface area contributed by atoms with Crippen LogP contribution in [0.5, 0.6) is 0 Å². The standard InChI is InChI=1S/C18H39N7O2.3C2HF3O2/c1-15(19)8-13-22-9-6-7-11-24-17(27)14-16(26)23-10-4-2-3-5-12-25-18(20)21;3*3-2(4,5)1(6)7/h15,22H,2-14,19H2,1H3,(H,23,26)(H,24,27)(H4,20,21,25);3*(H,6,7)/t15-;;;/m1.../s1. The number of unbranched alkanes of at least 4 members (excludes halogenated alkanes) is 4. The summed E-state index contributed by atoms with van der Waals surface area (Å²) in [5, 5.41) is 30.2. The molecule has 0 unspecified atom stereocenters. The molecule has 1 atom stereocenters. The third-order valence-corrected chi connectivity index (χ3v) is 4.63. The number of halogens is 9. The molecule has 284 valence electrons. The summed E-state index contributed by atoms with van der Waals surface area (Å²) in [6.07, 6.45) is -8.73. The first kappa shape index (κ1) is 50.8. The molecule has 0 bridgehead atoms. The van der Waals surface area contributed by atoms with E-state index in [4.69, 9.17) is 46.9 Å². The van der Waals surface area contributed by atoms with Crippen molar-refractivity contribution in [3.8, 4) is 0 Å². The number of hydrogen-bond donors (Lipinski definition) is 9. The van der Waals surface area contributed by atoms with Gasteiger partial charge in [-0.25, -0.2) is 14.4 Å². The normalized spacial score (nSPS) is 11.5. The molecule has 0 aromatic carbocycles. The van der Waals surface area contributed by atoms with Gasteiger partial charge in [-0.3, -0.25) is 14.6 Å². The molecule has 0 aliphatic heterocycles. The Balaban J connectivity index is -0.000000369. The predicted molar refractivity (Wildman–Crippen MR) is 151 cm³/mol. The molecule has 0 aliphatic carbocycles. The fourth-order valence-corrected chi connectivity index (χ4v) is 2.35. The Morgan fingerprint density at radius 3 is 1.29 bits per heavy atom. The molecule has 0 aromatic heterocycles. The summed E-state index contributed by atoms with van der Waals surface area (Å²) in [6.45, 7) is 5.64. The molecular formula is C24H42F9N7O8. The number of nitrogens with one attached hydrogen (secondary N) is 3. The van der Waals surface area contributed by atoms with Crippen LogP contribution in [0.25, 0.3) is 0 Å². The second kappa shape index (κ2) is 28.0. The number of carboxylic acid groups (broad SMARTS) is 3. The number of alkyl halides is 9. The second-order valence-electron chi connectivity index (χ2n) is 9.23. The lowest BCUT2D eigenvalue weighted by Crippen LogP contribution is -2.33. The summed E-state index contributed by atoms with van der Waals surface area (Å²) < 4.78 is 95.2. The summed E-state index contributed by atoms with van der Waals surface area (Å²) in [4.78, 5) is 54.0. The van der Waals surface area contributed by atoms with Crippen LogP contribution in [0.1, 0.15) is 58.3 Å². The van der Waals surface area contributed by atoms with E-state index in [1.165, 1.54) is 0 Å². The maximum absolute atomic E-state index is 11.7. The number of amides is 2. The van der Waals surface area contributed by atoms with Crippen LogP contribution in [-0.4, -0.2) is 108 Å². The number of guanidine groups is 1. The van der Waals surface area contributed by atoms with Crippen molar-refractivity contribution in [1.82, 2.24) is 16.0 Å². The number of rotatable bonds is 17. The molecule has 0 spiro atoms. The third kappa shape index (κ3) is 44.0. The number of nitrogens with two attached hydrogens (primary N) is 3. The Labute approximate surface area is 268 Å². The molecule has 0 aliphatic rings. The van der Waals surface area contributed by atoms with Gasteiger partial charge in [0.25, 0.3) is 0 Å². The molecule has 0 aromatic rings. The molecule has 15 nitrogen and oxygen atoms in total. The van der Waals surface area contributed by atoms with Crippen molar-refractivity contribution >= 4 is 35.7 Å². The lowest BCUT2D eigenvalue weighted by atomic mass is 10.2. The quantitative estimate of drug-likeness (QED) is 0.0339. The van der Waals surface area contributed by atoms with Crippen LogP contribution < -0.4 is 33.2 Å². The predicted octanol–water partition coefficient (Wildman–Crippen LogP) is 1.45. The largest absolute Gasteiger partial charge is 0.490 e. The zero-order valence-corrected chi connectivity index (χ0v) is 25.7. The Morgan fingerprint density at radius 1 is 0.625 bits per heavy atom. The van der Waals surface area contributed by atoms with Crippen molar-refractivity contribution in [2.45, 2.75) is 82.9 Å². The van der Waals surface area contributed by atoms with E-state index in [2.05, 4.69) is 20.9 Å². The first-order chi connectivity index (χ1) is 21.7. The Bertz CT molecular complexity index is 903. The first-order valence-corrected chi connectivity index (χ1v) is 13.7. The highest BCUT2D eigenvalue weighted by Crippen LogP contribution is 2.14. The molecule has 24 heteroatoms. The number of nitrogens with zero attached hydrogens (tertiary/aromatic N) is 1. The minimum absolute atomic E-state index is 0.114. The number of aliphatic carboxylic acids is 3. The Kier molecular flexibility index (Phi) is 29.6. The van der Waals surface area contributed by atoms with Gasteiger partial charge >= 0.3 is 36.4 Å². The van der Waals surface area contributed by atoms with E-state index in [-0.39, 0.29) is 30.2 Å². The number of carbonyl (C=O) groups is 5. The number of carboxylic acids is 3. The fourth-order valence-electron chi connectivity index (χ4n) is 2.35. The van der Waals surface area contributed by atoms with E-state index >= 15 is 0 Å². The summed E-state index contributed by atoms with van der Waals surface area (Å²) in [6, 6.07) is 0.221. The van der Waals surface area contributed by atoms with Gasteiger partial charge in [-0.05, 0) is 52.1 Å². The first-order valence-electron chi connectivity index (χ1n) is 13.7. The van der Waals surface area contributed by atoms with Gasteiger partial charge in [-0.1, -0.05) is 12.8 Å². The summed E-state index contributed by atoms with van der Waals surface area (Å²) in [7, 11) is 0. The zero-order chi connectivity index (χ0) is 38.6. The second-order valence-corrected chi connectivity index (χ2v) is 9.23. The number of hydrogen-bond acceptors (Lipinski definition) is 8. The molecule has 0 heterocycles. The molecule has 0 fully saturated rings. The maximum Gasteiger partial charge on any atom is 0.490 e. The van der Waals surface area contributed by atoms with Gasteiger partial charge in [-0.15, -0.1) is 0 Å². The molecule has 0 saturated carbocycles. The van der Waals surface area contributed by atoms with Crippen molar-refractivity contribution in [2.75, 3.05) is 32.7 Å². The topological polar surface area (TPSA) is 273 Å². The van der Waals surface area contributed by atoms with Crippen molar-refractivity contribution in [1.29, 1.82) is 0 Å².